The maximum atomic E-state index is 9.11. The summed E-state index contributed by atoms with van der Waals surface area (Å²) in [7, 11) is 1.58. The van der Waals surface area contributed by atoms with Crippen LogP contribution in [0.15, 0.2) is 18.2 Å². The molecular weight excluding hydrogens is 278 g/mol. The highest BCUT2D eigenvalue weighted by Gasteiger charge is 2.32. The summed E-state index contributed by atoms with van der Waals surface area (Å²) < 4.78 is 11.0. The van der Waals surface area contributed by atoms with Gasteiger partial charge in [0.2, 0.25) is 0 Å². The number of benzene rings is 1. The number of morpholine rings is 1. The van der Waals surface area contributed by atoms with Crippen molar-refractivity contribution < 1.29 is 9.47 Å². The summed E-state index contributed by atoms with van der Waals surface area (Å²) in [6.07, 6.45) is 2.97. The third-order valence-electron chi connectivity index (χ3n) is 4.32. The van der Waals surface area contributed by atoms with E-state index in [1.165, 1.54) is 12.8 Å². The highest BCUT2D eigenvalue weighted by Crippen LogP contribution is 2.28. The summed E-state index contributed by atoms with van der Waals surface area (Å²) in [5.41, 5.74) is 1.67. The minimum absolute atomic E-state index is 0.267. The zero-order valence-electron chi connectivity index (χ0n) is 13.0. The van der Waals surface area contributed by atoms with Crippen molar-refractivity contribution in [1.82, 2.24) is 10.2 Å². The monoisotopic (exact) mass is 301 g/mol. The van der Waals surface area contributed by atoms with Crippen molar-refractivity contribution in [1.29, 1.82) is 5.26 Å². The van der Waals surface area contributed by atoms with Crippen LogP contribution in [0.3, 0.4) is 0 Å². The molecule has 1 aliphatic heterocycles. The number of ether oxygens (including phenoxy) is 2. The van der Waals surface area contributed by atoms with Gasteiger partial charge in [0.15, 0.2) is 0 Å². The van der Waals surface area contributed by atoms with Gasteiger partial charge in [0.25, 0.3) is 0 Å². The number of methoxy groups -OCH3 is 1. The number of rotatable bonds is 6. The lowest BCUT2D eigenvalue weighted by atomic mass is 10.1. The number of nitriles is 1. The summed E-state index contributed by atoms with van der Waals surface area (Å²) in [4.78, 5) is 2.55. The molecule has 1 unspecified atom stereocenters. The molecule has 22 heavy (non-hydrogen) atoms. The molecule has 1 saturated carbocycles. The first-order valence-electron chi connectivity index (χ1n) is 7.93. The quantitative estimate of drug-likeness (QED) is 0.863. The zero-order valence-corrected chi connectivity index (χ0v) is 13.0. The minimum atomic E-state index is 0.267. The van der Waals surface area contributed by atoms with Gasteiger partial charge in [-0.2, -0.15) is 5.26 Å². The number of hydrogen-bond donors (Lipinski definition) is 1. The molecule has 1 N–H and O–H groups in total. The third-order valence-corrected chi connectivity index (χ3v) is 4.32. The maximum absolute atomic E-state index is 9.11. The van der Waals surface area contributed by atoms with Crippen LogP contribution in [0.25, 0.3) is 0 Å². The van der Waals surface area contributed by atoms with Gasteiger partial charge >= 0.3 is 0 Å². The van der Waals surface area contributed by atoms with Gasteiger partial charge in [-0.25, -0.2) is 0 Å². The molecule has 2 aliphatic rings. The van der Waals surface area contributed by atoms with E-state index in [1.807, 2.05) is 18.2 Å². The summed E-state index contributed by atoms with van der Waals surface area (Å²) in [5.74, 6) is 0.627. The van der Waals surface area contributed by atoms with Gasteiger partial charge in [0.1, 0.15) is 11.8 Å². The van der Waals surface area contributed by atoms with Crippen LogP contribution in [-0.2, 0) is 11.3 Å². The van der Waals surface area contributed by atoms with E-state index in [-0.39, 0.29) is 6.10 Å². The third kappa shape index (κ3) is 3.77. The van der Waals surface area contributed by atoms with Crippen molar-refractivity contribution in [3.8, 4) is 11.8 Å². The second kappa shape index (κ2) is 7.10. The fourth-order valence-corrected chi connectivity index (χ4v) is 2.97. The molecule has 5 heteroatoms. The first-order valence-corrected chi connectivity index (χ1v) is 7.93. The van der Waals surface area contributed by atoms with Gasteiger partial charge in [0, 0.05) is 32.2 Å². The minimum Gasteiger partial charge on any atom is -0.495 e. The summed E-state index contributed by atoms with van der Waals surface area (Å²) in [6, 6.07) is 8.70. The van der Waals surface area contributed by atoms with Crippen molar-refractivity contribution in [2.24, 2.45) is 0 Å². The molecule has 1 heterocycles. The Balaban J connectivity index is 1.47. The number of hydrogen-bond acceptors (Lipinski definition) is 5. The molecule has 2 fully saturated rings. The highest BCUT2D eigenvalue weighted by atomic mass is 16.5. The van der Waals surface area contributed by atoms with E-state index < -0.39 is 0 Å². The fourth-order valence-electron chi connectivity index (χ4n) is 2.97. The van der Waals surface area contributed by atoms with Crippen LogP contribution in [0.5, 0.6) is 5.75 Å². The molecule has 1 aliphatic carbocycles. The Morgan fingerprint density at radius 3 is 3.05 bits per heavy atom. The topological polar surface area (TPSA) is 57.5 Å². The molecule has 0 amide bonds. The Morgan fingerprint density at radius 1 is 1.45 bits per heavy atom. The zero-order chi connectivity index (χ0) is 15.4. The SMILES string of the molecule is COc1ccc(CNCC2CN(C3CC3)CCO2)cc1C#N. The van der Waals surface area contributed by atoms with Crippen molar-refractivity contribution in [2.75, 3.05) is 33.4 Å². The summed E-state index contributed by atoms with van der Waals surface area (Å²) >= 11 is 0. The molecule has 0 spiro atoms. The summed E-state index contributed by atoms with van der Waals surface area (Å²) in [6.45, 7) is 4.53. The van der Waals surface area contributed by atoms with Crippen LogP contribution in [0.1, 0.15) is 24.0 Å². The van der Waals surface area contributed by atoms with Crippen molar-refractivity contribution in [3.63, 3.8) is 0 Å². The van der Waals surface area contributed by atoms with E-state index in [0.29, 0.717) is 11.3 Å². The number of nitrogens with zero attached hydrogens (tertiary/aromatic N) is 2. The van der Waals surface area contributed by atoms with Crippen LogP contribution in [-0.4, -0.2) is 50.4 Å². The lowest BCUT2D eigenvalue weighted by Gasteiger charge is -2.33. The van der Waals surface area contributed by atoms with E-state index in [2.05, 4.69) is 16.3 Å². The first-order chi connectivity index (χ1) is 10.8. The highest BCUT2D eigenvalue weighted by molar-refractivity contribution is 5.45. The molecule has 0 radical (unpaired) electrons. The average molecular weight is 301 g/mol. The van der Waals surface area contributed by atoms with Gasteiger partial charge in [-0.15, -0.1) is 0 Å². The Bertz CT molecular complexity index is 551. The predicted molar refractivity (Wildman–Crippen MR) is 83.8 cm³/mol. The van der Waals surface area contributed by atoms with E-state index >= 15 is 0 Å². The molecule has 5 nitrogen and oxygen atoms in total. The Hall–Kier alpha value is -1.61. The predicted octanol–water partition coefficient (Wildman–Crippen LogP) is 1.52. The smallest absolute Gasteiger partial charge is 0.136 e. The van der Waals surface area contributed by atoms with Crippen LogP contribution >= 0.6 is 0 Å². The van der Waals surface area contributed by atoms with E-state index in [9.17, 15) is 0 Å². The van der Waals surface area contributed by atoms with Crippen molar-refractivity contribution in [3.05, 3.63) is 29.3 Å². The molecule has 0 bridgehead atoms. The van der Waals surface area contributed by atoms with E-state index in [0.717, 1.165) is 44.4 Å². The largest absolute Gasteiger partial charge is 0.495 e. The van der Waals surface area contributed by atoms with Crippen molar-refractivity contribution >= 4 is 0 Å². The van der Waals surface area contributed by atoms with Gasteiger partial charge in [-0.1, -0.05) is 6.07 Å². The lowest BCUT2D eigenvalue weighted by Crippen LogP contribution is -2.47. The molecule has 1 aromatic rings. The Morgan fingerprint density at radius 2 is 2.32 bits per heavy atom. The Labute approximate surface area is 131 Å². The molecule has 1 aromatic carbocycles. The van der Waals surface area contributed by atoms with Crippen molar-refractivity contribution in [2.45, 2.75) is 31.5 Å². The first kappa shape index (κ1) is 15.3. The van der Waals surface area contributed by atoms with Crippen LogP contribution in [0.2, 0.25) is 0 Å². The van der Waals surface area contributed by atoms with Gasteiger partial charge < -0.3 is 14.8 Å². The second-order valence-electron chi connectivity index (χ2n) is 6.00. The fraction of sp³-hybridized carbons (Fsp3) is 0.588. The number of nitrogens with one attached hydrogen (secondary N) is 1. The van der Waals surface area contributed by atoms with Gasteiger partial charge in [-0.3, -0.25) is 4.90 Å². The lowest BCUT2D eigenvalue weighted by molar-refractivity contribution is -0.0301. The molecule has 3 rings (SSSR count). The summed E-state index contributed by atoms with van der Waals surface area (Å²) in [5, 5.41) is 12.6. The van der Waals surface area contributed by atoms with Crippen LogP contribution in [0, 0.1) is 11.3 Å². The van der Waals surface area contributed by atoms with Gasteiger partial charge in [0.05, 0.1) is 25.4 Å². The van der Waals surface area contributed by atoms with Crippen LogP contribution < -0.4 is 10.1 Å². The molecule has 118 valence electrons. The van der Waals surface area contributed by atoms with Crippen LogP contribution in [0.4, 0.5) is 0 Å². The maximum Gasteiger partial charge on any atom is 0.136 e. The molecular formula is C17H23N3O2. The average Bonchev–Trinajstić information content (AvgIpc) is 3.40. The second-order valence-corrected chi connectivity index (χ2v) is 6.00. The van der Waals surface area contributed by atoms with E-state index in [1.54, 1.807) is 7.11 Å². The Kier molecular flexibility index (Phi) is 4.94. The molecule has 1 atom stereocenters. The normalized spacial score (nSPS) is 22.3. The standard InChI is InChI=1S/C17H23N3O2/c1-21-17-5-2-13(8-14(17)9-18)10-19-11-16-12-20(6-7-22-16)15-3-4-15/h2,5,8,15-16,19H,3-4,6-7,10-12H2,1H3. The van der Waals surface area contributed by atoms with Gasteiger partial charge in [-0.05, 0) is 30.5 Å². The molecule has 1 saturated heterocycles. The molecule has 0 aromatic heterocycles. The van der Waals surface area contributed by atoms with E-state index in [4.69, 9.17) is 14.7 Å².